The van der Waals surface area contributed by atoms with Gasteiger partial charge in [-0.25, -0.2) is 9.59 Å². The number of ether oxygens (including phenoxy) is 1. The molecule has 1 N–H and O–H groups in total. The quantitative estimate of drug-likeness (QED) is 0.798. The minimum atomic E-state index is -0.983. The number of carbonyl (C=O) groups excluding carboxylic acids is 1. The molecule has 1 amide bonds. The molecule has 0 spiro atoms. The summed E-state index contributed by atoms with van der Waals surface area (Å²) in [4.78, 5) is 24.3. The normalized spacial score (nSPS) is 14.2. The van der Waals surface area contributed by atoms with Gasteiger partial charge in [0.05, 0.1) is 6.04 Å². The van der Waals surface area contributed by atoms with Gasteiger partial charge in [-0.05, 0) is 33.6 Å². The van der Waals surface area contributed by atoms with Gasteiger partial charge in [0.15, 0.2) is 0 Å². The number of likely N-dealkylation sites (N-methyl/N-ethyl adjacent to an activating group) is 1. The van der Waals surface area contributed by atoms with Crippen molar-refractivity contribution in [2.45, 2.75) is 53.2 Å². The first-order valence-corrected chi connectivity index (χ1v) is 6.33. The van der Waals surface area contributed by atoms with Crippen molar-refractivity contribution in [2.75, 3.05) is 7.05 Å². The Bertz CT molecular complexity index is 366. The highest BCUT2D eigenvalue weighted by molar-refractivity contribution is 5.86. The largest absolute Gasteiger partial charge is 0.478 e. The maximum absolute atomic E-state index is 12.0. The molecule has 5 heteroatoms. The van der Waals surface area contributed by atoms with Gasteiger partial charge >= 0.3 is 12.1 Å². The highest BCUT2D eigenvalue weighted by Gasteiger charge is 2.26. The number of rotatable bonds is 4. The second-order valence-electron chi connectivity index (χ2n) is 5.98. The van der Waals surface area contributed by atoms with Crippen LogP contribution in [0.25, 0.3) is 0 Å². The van der Waals surface area contributed by atoms with Gasteiger partial charge in [-0.1, -0.05) is 19.9 Å². The van der Waals surface area contributed by atoms with E-state index in [0.29, 0.717) is 0 Å². The summed E-state index contributed by atoms with van der Waals surface area (Å²) < 4.78 is 5.28. The smallest absolute Gasteiger partial charge is 0.410 e. The fraction of sp³-hybridized carbons (Fsp3) is 0.714. The van der Waals surface area contributed by atoms with Crippen molar-refractivity contribution in [3.05, 3.63) is 11.6 Å². The lowest BCUT2D eigenvalue weighted by Gasteiger charge is -2.31. The Morgan fingerprint density at radius 2 is 1.74 bits per heavy atom. The Labute approximate surface area is 115 Å². The maximum atomic E-state index is 12.0. The summed E-state index contributed by atoms with van der Waals surface area (Å²) in [5.41, 5.74) is -0.354. The van der Waals surface area contributed by atoms with E-state index in [1.165, 1.54) is 11.8 Å². The maximum Gasteiger partial charge on any atom is 0.410 e. The number of carbonyl (C=O) groups is 2. The van der Waals surface area contributed by atoms with Crippen molar-refractivity contribution in [1.82, 2.24) is 4.90 Å². The number of carboxylic acid groups (broad SMARTS) is 1. The molecule has 0 aliphatic carbocycles. The van der Waals surface area contributed by atoms with E-state index in [-0.39, 0.29) is 17.5 Å². The van der Waals surface area contributed by atoms with E-state index < -0.39 is 17.7 Å². The summed E-state index contributed by atoms with van der Waals surface area (Å²) in [6.45, 7) is 10.7. The highest BCUT2D eigenvalue weighted by Crippen LogP contribution is 2.17. The van der Waals surface area contributed by atoms with E-state index in [1.54, 1.807) is 33.9 Å². The van der Waals surface area contributed by atoms with Crippen molar-refractivity contribution in [3.63, 3.8) is 0 Å². The first-order valence-electron chi connectivity index (χ1n) is 6.33. The van der Waals surface area contributed by atoms with Crippen LogP contribution < -0.4 is 0 Å². The van der Waals surface area contributed by atoms with Crippen LogP contribution in [-0.2, 0) is 9.53 Å². The molecule has 1 atom stereocenters. The third-order valence-electron chi connectivity index (χ3n) is 2.57. The van der Waals surface area contributed by atoms with Crippen LogP contribution in [-0.4, -0.2) is 40.8 Å². The lowest BCUT2D eigenvalue weighted by atomic mass is 10.0. The fourth-order valence-electron chi connectivity index (χ4n) is 1.53. The predicted octanol–water partition coefficient (Wildman–Crippen LogP) is 2.91. The van der Waals surface area contributed by atoms with E-state index in [9.17, 15) is 9.59 Å². The monoisotopic (exact) mass is 271 g/mol. The van der Waals surface area contributed by atoms with Crippen molar-refractivity contribution in [1.29, 1.82) is 0 Å². The number of nitrogens with zero attached hydrogens (tertiary/aromatic N) is 1. The molecule has 19 heavy (non-hydrogen) atoms. The van der Waals surface area contributed by atoms with Crippen molar-refractivity contribution >= 4 is 12.1 Å². The average Bonchev–Trinajstić information content (AvgIpc) is 2.21. The van der Waals surface area contributed by atoms with Crippen molar-refractivity contribution in [3.8, 4) is 0 Å². The molecule has 0 aromatic heterocycles. The molecule has 0 aromatic rings. The van der Waals surface area contributed by atoms with Gasteiger partial charge in [0, 0.05) is 12.6 Å². The summed E-state index contributed by atoms with van der Waals surface area (Å²) in [5.74, 6) is -0.893. The molecular weight excluding hydrogens is 246 g/mol. The van der Waals surface area contributed by atoms with Crippen LogP contribution in [0, 0.1) is 5.92 Å². The molecule has 0 saturated heterocycles. The summed E-state index contributed by atoms with van der Waals surface area (Å²) in [7, 11) is 1.62. The van der Waals surface area contributed by atoms with Gasteiger partial charge in [-0.15, -0.1) is 0 Å². The van der Waals surface area contributed by atoms with Gasteiger partial charge in [-0.2, -0.15) is 0 Å². The zero-order valence-corrected chi connectivity index (χ0v) is 12.9. The zero-order valence-electron chi connectivity index (χ0n) is 12.9. The topological polar surface area (TPSA) is 66.8 Å². The number of aliphatic carboxylic acids is 1. The molecule has 1 unspecified atom stereocenters. The molecule has 0 heterocycles. The third kappa shape index (κ3) is 6.27. The lowest BCUT2D eigenvalue weighted by Crippen LogP contribution is -2.42. The summed E-state index contributed by atoms with van der Waals surface area (Å²) in [6.07, 6.45) is 1.12. The molecule has 0 fully saturated rings. The van der Waals surface area contributed by atoms with Crippen LogP contribution >= 0.6 is 0 Å². The highest BCUT2D eigenvalue weighted by atomic mass is 16.6. The first-order chi connectivity index (χ1) is 8.45. The molecule has 110 valence electrons. The van der Waals surface area contributed by atoms with E-state index in [2.05, 4.69) is 0 Å². The summed E-state index contributed by atoms with van der Waals surface area (Å²) in [6, 6.07) is -0.314. The second kappa shape index (κ2) is 6.59. The molecule has 0 aliphatic rings. The third-order valence-corrected chi connectivity index (χ3v) is 2.57. The molecule has 0 saturated carbocycles. The molecule has 0 aromatic carbocycles. The number of hydrogen-bond donors (Lipinski definition) is 1. The van der Waals surface area contributed by atoms with Crippen molar-refractivity contribution in [2.24, 2.45) is 5.92 Å². The molecule has 0 bridgehead atoms. The van der Waals surface area contributed by atoms with E-state index >= 15 is 0 Å². The Balaban J connectivity index is 5.06. The van der Waals surface area contributed by atoms with E-state index in [4.69, 9.17) is 9.84 Å². The van der Waals surface area contributed by atoms with Crippen LogP contribution in [0.3, 0.4) is 0 Å². The second-order valence-corrected chi connectivity index (χ2v) is 5.98. The SMILES string of the molecule is CC(=CC(C(C)C)N(C)C(=O)OC(C)(C)C)C(=O)O. The van der Waals surface area contributed by atoms with Gasteiger partial charge in [-0.3, -0.25) is 0 Å². The lowest BCUT2D eigenvalue weighted by molar-refractivity contribution is -0.132. The first kappa shape index (κ1) is 17.5. The Kier molecular flexibility index (Phi) is 6.06. The molecule has 0 radical (unpaired) electrons. The number of carboxylic acids is 1. The fourth-order valence-corrected chi connectivity index (χ4v) is 1.53. The number of amides is 1. The van der Waals surface area contributed by atoms with Crippen molar-refractivity contribution < 1.29 is 19.4 Å². The van der Waals surface area contributed by atoms with E-state index in [1.807, 2.05) is 13.8 Å². The zero-order chi connectivity index (χ0) is 15.4. The molecule has 0 rings (SSSR count). The minimum Gasteiger partial charge on any atom is -0.478 e. The molecule has 0 aliphatic heterocycles. The predicted molar refractivity (Wildman–Crippen MR) is 74.0 cm³/mol. The van der Waals surface area contributed by atoms with Gasteiger partial charge < -0.3 is 14.7 Å². The van der Waals surface area contributed by atoms with E-state index in [0.717, 1.165) is 0 Å². The molecule has 5 nitrogen and oxygen atoms in total. The standard InChI is InChI=1S/C14H25NO4/c1-9(2)11(8-10(3)12(16)17)15(7)13(18)19-14(4,5)6/h8-9,11H,1-7H3,(H,16,17). The van der Waals surface area contributed by atoms with Gasteiger partial charge in [0.1, 0.15) is 5.60 Å². The summed E-state index contributed by atoms with van der Waals surface area (Å²) >= 11 is 0. The Hall–Kier alpha value is -1.52. The molecular formula is C14H25NO4. The minimum absolute atomic E-state index is 0.0896. The van der Waals surface area contributed by atoms with Gasteiger partial charge in [0.25, 0.3) is 0 Å². The van der Waals surface area contributed by atoms with Crippen LogP contribution in [0.4, 0.5) is 4.79 Å². The van der Waals surface area contributed by atoms with Crippen LogP contribution in [0.15, 0.2) is 11.6 Å². The van der Waals surface area contributed by atoms with Crippen LogP contribution in [0.1, 0.15) is 41.5 Å². The average molecular weight is 271 g/mol. The van der Waals surface area contributed by atoms with Crippen LogP contribution in [0.5, 0.6) is 0 Å². The Morgan fingerprint density at radius 1 is 1.26 bits per heavy atom. The van der Waals surface area contributed by atoms with Gasteiger partial charge in [0.2, 0.25) is 0 Å². The summed E-state index contributed by atoms with van der Waals surface area (Å²) in [5, 5.41) is 8.92. The Morgan fingerprint density at radius 3 is 2.05 bits per heavy atom. The van der Waals surface area contributed by atoms with Crippen LogP contribution in [0.2, 0.25) is 0 Å². The number of hydrogen-bond acceptors (Lipinski definition) is 3.